The summed E-state index contributed by atoms with van der Waals surface area (Å²) in [5.41, 5.74) is 1.78. The highest BCUT2D eigenvalue weighted by atomic mass is 16.3. The Balaban J connectivity index is 2.64. The third-order valence-corrected chi connectivity index (χ3v) is 2.96. The van der Waals surface area contributed by atoms with E-state index in [1.807, 2.05) is 25.1 Å². The lowest BCUT2D eigenvalue weighted by Crippen LogP contribution is -2.07. The average Bonchev–Trinajstić information content (AvgIpc) is 2.25. The van der Waals surface area contributed by atoms with Crippen LogP contribution < -0.4 is 0 Å². The van der Waals surface area contributed by atoms with Crippen LogP contribution in [-0.2, 0) is 0 Å². The van der Waals surface area contributed by atoms with Crippen molar-refractivity contribution in [3.63, 3.8) is 0 Å². The van der Waals surface area contributed by atoms with Crippen LogP contribution in [-0.4, -0.2) is 10.1 Å². The Hall–Kier alpha value is -0.890. The molecular weight excluding hydrogens is 186 g/mol. The summed E-state index contributed by atoms with van der Waals surface area (Å²) in [5.74, 6) is 0.599. The first kappa shape index (κ1) is 12.2. The van der Waals surface area contributed by atoms with Gasteiger partial charge in [0.15, 0.2) is 0 Å². The number of aromatic nitrogens is 1. The molecule has 84 valence electrons. The zero-order valence-corrected chi connectivity index (χ0v) is 9.90. The summed E-state index contributed by atoms with van der Waals surface area (Å²) in [6.07, 6.45) is 2.66. The molecule has 0 aliphatic carbocycles. The quantitative estimate of drug-likeness (QED) is 0.804. The van der Waals surface area contributed by atoms with Gasteiger partial charge in [0.25, 0.3) is 0 Å². The SMILES string of the molecule is CCC(CC)CC(O)c1cccc(C)n1. The van der Waals surface area contributed by atoms with Gasteiger partial charge in [0.2, 0.25) is 0 Å². The van der Waals surface area contributed by atoms with Crippen LogP contribution in [0.5, 0.6) is 0 Å². The lowest BCUT2D eigenvalue weighted by Gasteiger charge is -2.17. The zero-order chi connectivity index (χ0) is 11.3. The molecule has 1 rings (SSSR count). The van der Waals surface area contributed by atoms with Crippen molar-refractivity contribution in [3.05, 3.63) is 29.6 Å². The van der Waals surface area contributed by atoms with Gasteiger partial charge in [0, 0.05) is 5.69 Å². The number of pyridine rings is 1. The second-order valence-electron chi connectivity index (χ2n) is 4.14. The molecule has 0 fully saturated rings. The molecule has 0 aliphatic rings. The van der Waals surface area contributed by atoms with Gasteiger partial charge < -0.3 is 5.11 Å². The molecule has 0 aliphatic heterocycles. The topological polar surface area (TPSA) is 33.1 Å². The van der Waals surface area contributed by atoms with Crippen molar-refractivity contribution in [3.8, 4) is 0 Å². The van der Waals surface area contributed by atoms with Crippen LogP contribution in [0.25, 0.3) is 0 Å². The third-order valence-electron chi connectivity index (χ3n) is 2.96. The van der Waals surface area contributed by atoms with Gasteiger partial charge >= 0.3 is 0 Å². The van der Waals surface area contributed by atoms with E-state index in [9.17, 15) is 5.11 Å². The fraction of sp³-hybridized carbons (Fsp3) is 0.615. The molecule has 0 radical (unpaired) electrons. The maximum atomic E-state index is 10.0. The van der Waals surface area contributed by atoms with Crippen molar-refractivity contribution < 1.29 is 5.11 Å². The van der Waals surface area contributed by atoms with Gasteiger partial charge in [-0.3, -0.25) is 4.98 Å². The number of rotatable bonds is 5. The Morgan fingerprint density at radius 1 is 1.27 bits per heavy atom. The van der Waals surface area contributed by atoms with Gasteiger partial charge in [-0.1, -0.05) is 32.8 Å². The zero-order valence-electron chi connectivity index (χ0n) is 9.90. The highest BCUT2D eigenvalue weighted by Gasteiger charge is 2.14. The third kappa shape index (κ3) is 3.63. The lowest BCUT2D eigenvalue weighted by atomic mass is 9.94. The van der Waals surface area contributed by atoms with Gasteiger partial charge in [-0.25, -0.2) is 0 Å². The number of aliphatic hydroxyl groups excluding tert-OH is 1. The van der Waals surface area contributed by atoms with E-state index in [2.05, 4.69) is 18.8 Å². The molecule has 2 nitrogen and oxygen atoms in total. The first-order valence-corrected chi connectivity index (χ1v) is 5.79. The summed E-state index contributed by atoms with van der Waals surface area (Å²) in [7, 11) is 0. The van der Waals surface area contributed by atoms with Crippen LogP contribution in [0.3, 0.4) is 0 Å². The minimum Gasteiger partial charge on any atom is -0.387 e. The number of hydrogen-bond acceptors (Lipinski definition) is 2. The van der Waals surface area contributed by atoms with Crippen molar-refractivity contribution in [1.82, 2.24) is 4.98 Å². The summed E-state index contributed by atoms with van der Waals surface area (Å²) in [6.45, 7) is 6.29. The van der Waals surface area contributed by atoms with E-state index in [4.69, 9.17) is 0 Å². The number of aliphatic hydroxyl groups is 1. The molecule has 1 atom stereocenters. The molecule has 15 heavy (non-hydrogen) atoms. The second-order valence-corrected chi connectivity index (χ2v) is 4.14. The second kappa shape index (κ2) is 5.86. The van der Waals surface area contributed by atoms with Gasteiger partial charge in [-0.2, -0.15) is 0 Å². The Labute approximate surface area is 92.4 Å². The predicted octanol–water partition coefficient (Wildman–Crippen LogP) is 3.25. The first-order valence-electron chi connectivity index (χ1n) is 5.79. The molecule has 1 aromatic rings. The van der Waals surface area contributed by atoms with Crippen molar-refractivity contribution in [2.24, 2.45) is 5.92 Å². The molecule has 0 spiro atoms. The van der Waals surface area contributed by atoms with Gasteiger partial charge in [-0.15, -0.1) is 0 Å². The van der Waals surface area contributed by atoms with Crippen LogP contribution in [0.4, 0.5) is 0 Å². The molecule has 0 saturated heterocycles. The minimum absolute atomic E-state index is 0.408. The normalized spacial score (nSPS) is 13.1. The van der Waals surface area contributed by atoms with E-state index in [0.29, 0.717) is 5.92 Å². The number of nitrogens with zero attached hydrogens (tertiary/aromatic N) is 1. The van der Waals surface area contributed by atoms with Crippen LogP contribution in [0.1, 0.15) is 50.6 Å². The molecule has 0 saturated carbocycles. The van der Waals surface area contributed by atoms with Crippen molar-refractivity contribution in [1.29, 1.82) is 0 Å². The maximum Gasteiger partial charge on any atom is 0.0962 e. The highest BCUT2D eigenvalue weighted by molar-refractivity contribution is 5.12. The minimum atomic E-state index is -0.408. The van der Waals surface area contributed by atoms with Crippen molar-refractivity contribution in [2.75, 3.05) is 0 Å². The fourth-order valence-corrected chi connectivity index (χ4v) is 1.81. The molecule has 2 heteroatoms. The number of hydrogen-bond donors (Lipinski definition) is 1. The van der Waals surface area contributed by atoms with Gasteiger partial charge in [0.1, 0.15) is 0 Å². The summed E-state index contributed by atoms with van der Waals surface area (Å²) >= 11 is 0. The monoisotopic (exact) mass is 207 g/mol. The van der Waals surface area contributed by atoms with Crippen molar-refractivity contribution in [2.45, 2.75) is 46.1 Å². The van der Waals surface area contributed by atoms with Gasteiger partial charge in [0.05, 0.1) is 11.8 Å². The van der Waals surface area contributed by atoms with E-state index < -0.39 is 6.10 Å². The maximum absolute atomic E-state index is 10.0. The average molecular weight is 207 g/mol. The molecule has 0 bridgehead atoms. The molecule has 1 N–H and O–H groups in total. The Morgan fingerprint density at radius 2 is 1.93 bits per heavy atom. The van der Waals surface area contributed by atoms with Crippen LogP contribution in [0, 0.1) is 12.8 Å². The molecule has 1 unspecified atom stereocenters. The molecule has 0 amide bonds. The Kier molecular flexibility index (Phi) is 4.76. The number of aryl methyl sites for hydroxylation is 1. The predicted molar refractivity (Wildman–Crippen MR) is 62.6 cm³/mol. The first-order chi connectivity index (χ1) is 7.17. The highest BCUT2D eigenvalue weighted by Crippen LogP contribution is 2.23. The summed E-state index contributed by atoms with van der Waals surface area (Å²) in [6, 6.07) is 5.81. The van der Waals surface area contributed by atoms with E-state index in [0.717, 1.165) is 30.7 Å². The Bertz CT molecular complexity index is 294. The smallest absolute Gasteiger partial charge is 0.0962 e. The Morgan fingerprint density at radius 3 is 2.47 bits per heavy atom. The summed E-state index contributed by atoms with van der Waals surface area (Å²) in [5, 5.41) is 10.0. The lowest BCUT2D eigenvalue weighted by molar-refractivity contribution is 0.137. The largest absolute Gasteiger partial charge is 0.387 e. The summed E-state index contributed by atoms with van der Waals surface area (Å²) < 4.78 is 0. The van der Waals surface area contributed by atoms with Crippen LogP contribution >= 0.6 is 0 Å². The molecular formula is C13H21NO. The van der Waals surface area contributed by atoms with Crippen LogP contribution in [0.15, 0.2) is 18.2 Å². The van der Waals surface area contributed by atoms with Gasteiger partial charge in [-0.05, 0) is 31.4 Å². The van der Waals surface area contributed by atoms with E-state index in [-0.39, 0.29) is 0 Å². The summed E-state index contributed by atoms with van der Waals surface area (Å²) in [4.78, 5) is 4.34. The molecule has 1 aromatic heterocycles. The molecule has 1 heterocycles. The van der Waals surface area contributed by atoms with E-state index in [1.54, 1.807) is 0 Å². The van der Waals surface area contributed by atoms with E-state index in [1.165, 1.54) is 0 Å². The van der Waals surface area contributed by atoms with Crippen molar-refractivity contribution >= 4 is 0 Å². The van der Waals surface area contributed by atoms with E-state index >= 15 is 0 Å². The molecule has 0 aromatic carbocycles. The standard InChI is InChI=1S/C13H21NO/c1-4-11(5-2)9-13(15)12-8-6-7-10(3)14-12/h6-8,11,13,15H,4-5,9H2,1-3H3. The van der Waals surface area contributed by atoms with Crippen LogP contribution in [0.2, 0.25) is 0 Å². The fourth-order valence-electron chi connectivity index (χ4n) is 1.81.